The van der Waals surface area contributed by atoms with Gasteiger partial charge < -0.3 is 10.0 Å². The summed E-state index contributed by atoms with van der Waals surface area (Å²) in [6, 6.07) is 1.13. The van der Waals surface area contributed by atoms with E-state index in [0.717, 1.165) is 12.3 Å². The second-order valence-corrected chi connectivity index (χ2v) is 3.00. The molecule has 0 aliphatic carbocycles. The number of hydrogen-bond donors (Lipinski definition) is 1. The Labute approximate surface area is 87.4 Å². The predicted molar refractivity (Wildman–Crippen MR) is 52.9 cm³/mol. The van der Waals surface area contributed by atoms with Gasteiger partial charge in [-0.05, 0) is 13.0 Å². The smallest absolute Gasteiger partial charge is 0.255 e. The lowest BCUT2D eigenvalue weighted by Crippen LogP contribution is -2.33. The van der Waals surface area contributed by atoms with Crippen molar-refractivity contribution < 1.29 is 14.3 Å². The standard InChI is InChI=1S/C10H13FN2O2/c1-2-13(3-4-14)10(15)8-5-9(11)7-12-6-8/h5-7,14H,2-4H2,1H3. The van der Waals surface area contributed by atoms with E-state index in [0.29, 0.717) is 6.54 Å². The van der Waals surface area contributed by atoms with Crippen LogP contribution in [0.1, 0.15) is 17.3 Å². The van der Waals surface area contributed by atoms with Gasteiger partial charge in [-0.25, -0.2) is 4.39 Å². The van der Waals surface area contributed by atoms with Crippen molar-refractivity contribution in [3.05, 3.63) is 29.8 Å². The van der Waals surface area contributed by atoms with Gasteiger partial charge in [0.05, 0.1) is 18.4 Å². The lowest BCUT2D eigenvalue weighted by atomic mass is 10.2. The molecule has 0 radical (unpaired) electrons. The van der Waals surface area contributed by atoms with Crippen LogP contribution in [0.15, 0.2) is 18.5 Å². The first-order valence-electron chi connectivity index (χ1n) is 4.69. The highest BCUT2D eigenvalue weighted by Gasteiger charge is 2.14. The van der Waals surface area contributed by atoms with Crippen LogP contribution in [0.25, 0.3) is 0 Å². The fourth-order valence-electron chi connectivity index (χ4n) is 1.24. The minimum absolute atomic E-state index is 0.109. The molecule has 0 unspecified atom stereocenters. The molecule has 1 aromatic rings. The summed E-state index contributed by atoms with van der Waals surface area (Å²) in [5, 5.41) is 8.73. The van der Waals surface area contributed by atoms with E-state index in [2.05, 4.69) is 4.98 Å². The number of amides is 1. The molecule has 0 aliphatic heterocycles. The van der Waals surface area contributed by atoms with Crippen LogP contribution in [0.3, 0.4) is 0 Å². The van der Waals surface area contributed by atoms with Crippen molar-refractivity contribution in [2.45, 2.75) is 6.92 Å². The highest BCUT2D eigenvalue weighted by atomic mass is 19.1. The number of halogens is 1. The van der Waals surface area contributed by atoms with E-state index >= 15 is 0 Å². The first-order valence-corrected chi connectivity index (χ1v) is 4.69. The number of nitrogens with zero attached hydrogens (tertiary/aromatic N) is 2. The molecule has 4 nitrogen and oxygen atoms in total. The number of pyridine rings is 1. The highest BCUT2D eigenvalue weighted by molar-refractivity contribution is 5.93. The quantitative estimate of drug-likeness (QED) is 0.798. The normalized spacial score (nSPS) is 10.1. The third-order valence-corrected chi connectivity index (χ3v) is 1.99. The second kappa shape index (κ2) is 5.41. The van der Waals surface area contributed by atoms with Gasteiger partial charge in [-0.15, -0.1) is 0 Å². The summed E-state index contributed by atoms with van der Waals surface area (Å²) in [7, 11) is 0. The van der Waals surface area contributed by atoms with Crippen molar-refractivity contribution in [3.63, 3.8) is 0 Å². The molecular formula is C10H13FN2O2. The summed E-state index contributed by atoms with van der Waals surface area (Å²) in [6.45, 7) is 2.39. The molecule has 1 N–H and O–H groups in total. The van der Waals surface area contributed by atoms with Crippen LogP contribution >= 0.6 is 0 Å². The highest BCUT2D eigenvalue weighted by Crippen LogP contribution is 2.05. The van der Waals surface area contributed by atoms with Crippen LogP contribution in [0.4, 0.5) is 4.39 Å². The zero-order valence-electron chi connectivity index (χ0n) is 8.48. The van der Waals surface area contributed by atoms with Crippen molar-refractivity contribution in [3.8, 4) is 0 Å². The SMILES string of the molecule is CCN(CCO)C(=O)c1cncc(F)c1. The number of aromatic nitrogens is 1. The van der Waals surface area contributed by atoms with E-state index in [1.807, 2.05) is 0 Å². The minimum atomic E-state index is -0.541. The van der Waals surface area contributed by atoms with Gasteiger partial charge in [-0.2, -0.15) is 0 Å². The van der Waals surface area contributed by atoms with E-state index in [4.69, 9.17) is 5.11 Å². The van der Waals surface area contributed by atoms with Crippen molar-refractivity contribution in [2.24, 2.45) is 0 Å². The molecule has 1 amide bonds. The molecule has 15 heavy (non-hydrogen) atoms. The number of aliphatic hydroxyl groups is 1. The lowest BCUT2D eigenvalue weighted by Gasteiger charge is -2.19. The monoisotopic (exact) mass is 212 g/mol. The van der Waals surface area contributed by atoms with Gasteiger partial charge in [0.1, 0.15) is 5.82 Å². The second-order valence-electron chi connectivity index (χ2n) is 3.00. The zero-order chi connectivity index (χ0) is 11.3. The van der Waals surface area contributed by atoms with Crippen molar-refractivity contribution in [1.29, 1.82) is 0 Å². The molecule has 0 saturated carbocycles. The topological polar surface area (TPSA) is 53.4 Å². The van der Waals surface area contributed by atoms with Crippen LogP contribution in [0.2, 0.25) is 0 Å². The largest absolute Gasteiger partial charge is 0.395 e. The van der Waals surface area contributed by atoms with E-state index in [9.17, 15) is 9.18 Å². The first-order chi connectivity index (χ1) is 7.19. The number of aliphatic hydroxyl groups excluding tert-OH is 1. The van der Waals surface area contributed by atoms with Gasteiger partial charge in [0.15, 0.2) is 0 Å². The number of hydrogen-bond acceptors (Lipinski definition) is 3. The first kappa shape index (κ1) is 11.6. The summed E-state index contributed by atoms with van der Waals surface area (Å²) in [6.07, 6.45) is 2.35. The Morgan fingerprint density at radius 1 is 1.60 bits per heavy atom. The summed E-state index contributed by atoms with van der Waals surface area (Å²) in [4.78, 5) is 16.8. The van der Waals surface area contributed by atoms with Gasteiger partial charge in [0.25, 0.3) is 5.91 Å². The molecule has 0 saturated heterocycles. The van der Waals surface area contributed by atoms with Crippen molar-refractivity contribution >= 4 is 5.91 Å². The van der Waals surface area contributed by atoms with E-state index in [1.54, 1.807) is 6.92 Å². The Morgan fingerprint density at radius 2 is 2.33 bits per heavy atom. The summed E-state index contributed by atoms with van der Waals surface area (Å²) >= 11 is 0. The zero-order valence-corrected chi connectivity index (χ0v) is 8.48. The number of rotatable bonds is 4. The van der Waals surface area contributed by atoms with E-state index < -0.39 is 5.82 Å². The van der Waals surface area contributed by atoms with Gasteiger partial charge in [0, 0.05) is 19.3 Å². The summed E-state index contributed by atoms with van der Waals surface area (Å²) in [5.41, 5.74) is 0.199. The summed E-state index contributed by atoms with van der Waals surface area (Å²) < 4.78 is 12.8. The van der Waals surface area contributed by atoms with Crippen molar-refractivity contribution in [2.75, 3.05) is 19.7 Å². The fourth-order valence-corrected chi connectivity index (χ4v) is 1.24. The minimum Gasteiger partial charge on any atom is -0.395 e. The maximum Gasteiger partial charge on any atom is 0.255 e. The maximum atomic E-state index is 12.8. The molecule has 0 atom stereocenters. The third kappa shape index (κ3) is 2.99. The maximum absolute atomic E-state index is 12.8. The number of likely N-dealkylation sites (N-methyl/N-ethyl adjacent to an activating group) is 1. The Kier molecular flexibility index (Phi) is 4.17. The molecule has 1 aromatic heterocycles. The Morgan fingerprint density at radius 3 is 2.87 bits per heavy atom. The molecule has 5 heteroatoms. The summed E-state index contributed by atoms with van der Waals surface area (Å²) in [5.74, 6) is -0.862. The average Bonchev–Trinajstić information content (AvgIpc) is 2.25. The van der Waals surface area contributed by atoms with E-state index in [1.165, 1.54) is 11.1 Å². The molecule has 82 valence electrons. The number of carbonyl (C=O) groups excluding carboxylic acids is 1. The molecule has 0 aromatic carbocycles. The average molecular weight is 212 g/mol. The molecule has 0 spiro atoms. The van der Waals surface area contributed by atoms with Crippen LogP contribution < -0.4 is 0 Å². The Hall–Kier alpha value is -1.49. The van der Waals surface area contributed by atoms with Crippen molar-refractivity contribution in [1.82, 2.24) is 9.88 Å². The predicted octanol–water partition coefficient (Wildman–Crippen LogP) is 0.675. The van der Waals surface area contributed by atoms with E-state index in [-0.39, 0.29) is 24.6 Å². The van der Waals surface area contributed by atoms with Crippen LogP contribution in [0, 0.1) is 5.82 Å². The Balaban J connectivity index is 2.82. The van der Waals surface area contributed by atoms with Gasteiger partial charge in [-0.3, -0.25) is 9.78 Å². The van der Waals surface area contributed by atoms with Crippen LogP contribution in [-0.2, 0) is 0 Å². The third-order valence-electron chi connectivity index (χ3n) is 1.99. The Bertz CT molecular complexity index is 344. The fraction of sp³-hybridized carbons (Fsp3) is 0.400. The molecule has 1 heterocycles. The molecule has 0 fully saturated rings. The van der Waals surface area contributed by atoms with Gasteiger partial charge in [-0.1, -0.05) is 0 Å². The molecular weight excluding hydrogens is 199 g/mol. The molecule has 0 aliphatic rings. The van der Waals surface area contributed by atoms with Crippen LogP contribution in [0.5, 0.6) is 0 Å². The number of carbonyl (C=O) groups is 1. The van der Waals surface area contributed by atoms with Gasteiger partial charge in [0.2, 0.25) is 0 Å². The van der Waals surface area contributed by atoms with Gasteiger partial charge >= 0.3 is 0 Å². The molecule has 0 bridgehead atoms. The van der Waals surface area contributed by atoms with Crippen LogP contribution in [-0.4, -0.2) is 40.6 Å². The lowest BCUT2D eigenvalue weighted by molar-refractivity contribution is 0.0731. The molecule has 1 rings (SSSR count).